The zero-order valence-corrected chi connectivity index (χ0v) is 12.8. The zero-order valence-electron chi connectivity index (χ0n) is 12.8. The predicted octanol–water partition coefficient (Wildman–Crippen LogP) is 1.44. The van der Waals surface area contributed by atoms with Crippen molar-refractivity contribution in [3.8, 4) is 0 Å². The van der Waals surface area contributed by atoms with E-state index in [9.17, 15) is 4.79 Å². The summed E-state index contributed by atoms with van der Waals surface area (Å²) in [7, 11) is 1.64. The molecule has 0 saturated heterocycles. The molecule has 1 aromatic rings. The lowest BCUT2D eigenvalue weighted by Crippen LogP contribution is -2.39. The number of aryl methyl sites for hydroxylation is 1. The van der Waals surface area contributed by atoms with Crippen molar-refractivity contribution in [1.82, 2.24) is 15.6 Å². The molecule has 0 fully saturated rings. The smallest absolute Gasteiger partial charge is 0.234 e. The fourth-order valence-electron chi connectivity index (χ4n) is 1.97. The molecular formula is C15H25N3O2. The van der Waals surface area contributed by atoms with Crippen LogP contribution in [0.3, 0.4) is 0 Å². The van der Waals surface area contributed by atoms with Gasteiger partial charge in [-0.3, -0.25) is 9.78 Å². The Morgan fingerprint density at radius 2 is 2.20 bits per heavy atom. The molecule has 0 aliphatic carbocycles. The molecule has 0 spiro atoms. The number of carbonyl (C=O) groups excluding carboxylic acids is 1. The van der Waals surface area contributed by atoms with Crippen LogP contribution >= 0.6 is 0 Å². The van der Waals surface area contributed by atoms with Gasteiger partial charge in [-0.05, 0) is 24.5 Å². The molecule has 1 aromatic heterocycles. The average Bonchev–Trinajstić information content (AvgIpc) is 2.42. The van der Waals surface area contributed by atoms with E-state index in [1.807, 2.05) is 19.1 Å². The minimum Gasteiger partial charge on any atom is -0.383 e. The Bertz CT molecular complexity index is 421. The Morgan fingerprint density at radius 3 is 2.80 bits per heavy atom. The second-order valence-electron chi connectivity index (χ2n) is 5.16. The van der Waals surface area contributed by atoms with E-state index in [-0.39, 0.29) is 17.9 Å². The van der Waals surface area contributed by atoms with Crippen LogP contribution in [0.2, 0.25) is 0 Å². The molecule has 0 saturated carbocycles. The Hall–Kier alpha value is -1.46. The minimum atomic E-state index is -0.0621. The number of pyridine rings is 1. The lowest BCUT2D eigenvalue weighted by atomic mass is 9.97. The van der Waals surface area contributed by atoms with E-state index >= 15 is 0 Å². The quantitative estimate of drug-likeness (QED) is 0.707. The van der Waals surface area contributed by atoms with Gasteiger partial charge in [0.1, 0.15) is 0 Å². The summed E-state index contributed by atoms with van der Waals surface area (Å²) in [6.07, 6.45) is 1.76. The first kappa shape index (κ1) is 16.6. The zero-order chi connectivity index (χ0) is 15.0. The highest BCUT2D eigenvalue weighted by Crippen LogP contribution is 2.22. The molecule has 0 radical (unpaired) electrons. The summed E-state index contributed by atoms with van der Waals surface area (Å²) in [6.45, 7) is 7.73. The Morgan fingerprint density at radius 1 is 1.45 bits per heavy atom. The van der Waals surface area contributed by atoms with E-state index in [1.54, 1.807) is 13.3 Å². The SMILES string of the molecule is COCCNCC(=O)NC(c1ncccc1C)C(C)C. The highest BCUT2D eigenvalue weighted by atomic mass is 16.5. The van der Waals surface area contributed by atoms with Gasteiger partial charge in [0.25, 0.3) is 0 Å². The van der Waals surface area contributed by atoms with Gasteiger partial charge in [0.2, 0.25) is 5.91 Å². The Balaban J connectivity index is 2.60. The predicted molar refractivity (Wildman–Crippen MR) is 79.4 cm³/mol. The second-order valence-corrected chi connectivity index (χ2v) is 5.16. The van der Waals surface area contributed by atoms with Crippen molar-refractivity contribution in [3.05, 3.63) is 29.6 Å². The molecule has 0 aromatic carbocycles. The summed E-state index contributed by atoms with van der Waals surface area (Å²) >= 11 is 0. The van der Waals surface area contributed by atoms with E-state index in [0.717, 1.165) is 11.3 Å². The number of hydrogen-bond acceptors (Lipinski definition) is 4. The fraction of sp³-hybridized carbons (Fsp3) is 0.600. The molecule has 1 rings (SSSR count). The molecule has 112 valence electrons. The number of hydrogen-bond donors (Lipinski definition) is 2. The molecule has 0 aliphatic rings. The summed E-state index contributed by atoms with van der Waals surface area (Å²) < 4.78 is 4.92. The van der Waals surface area contributed by atoms with Crippen LogP contribution in [-0.2, 0) is 9.53 Å². The van der Waals surface area contributed by atoms with Gasteiger partial charge in [0, 0.05) is 19.9 Å². The molecule has 0 aliphatic heterocycles. The van der Waals surface area contributed by atoms with Crippen LogP contribution < -0.4 is 10.6 Å². The average molecular weight is 279 g/mol. The number of nitrogens with one attached hydrogen (secondary N) is 2. The van der Waals surface area contributed by atoms with E-state index in [4.69, 9.17) is 4.74 Å². The number of nitrogens with zero attached hydrogens (tertiary/aromatic N) is 1. The summed E-state index contributed by atoms with van der Waals surface area (Å²) in [5.74, 6) is 0.261. The van der Waals surface area contributed by atoms with Crippen LogP contribution in [0.15, 0.2) is 18.3 Å². The lowest BCUT2D eigenvalue weighted by Gasteiger charge is -2.23. The number of carbonyl (C=O) groups is 1. The maximum absolute atomic E-state index is 12.0. The monoisotopic (exact) mass is 279 g/mol. The van der Waals surface area contributed by atoms with Crippen LogP contribution in [-0.4, -0.2) is 37.7 Å². The maximum atomic E-state index is 12.0. The third-order valence-corrected chi connectivity index (χ3v) is 3.10. The van der Waals surface area contributed by atoms with Crippen LogP contribution in [0.1, 0.15) is 31.1 Å². The molecule has 1 amide bonds. The van der Waals surface area contributed by atoms with Crippen LogP contribution in [0.5, 0.6) is 0 Å². The first-order valence-electron chi connectivity index (χ1n) is 6.96. The summed E-state index contributed by atoms with van der Waals surface area (Å²) in [5, 5.41) is 6.08. The molecule has 0 bridgehead atoms. The van der Waals surface area contributed by atoms with E-state index in [1.165, 1.54) is 0 Å². The summed E-state index contributed by atoms with van der Waals surface area (Å²) in [6, 6.07) is 3.86. The van der Waals surface area contributed by atoms with Crippen LogP contribution in [0.4, 0.5) is 0 Å². The van der Waals surface area contributed by atoms with Gasteiger partial charge >= 0.3 is 0 Å². The number of methoxy groups -OCH3 is 1. The standard InChI is InChI=1S/C15H25N3O2/c1-11(2)14(15-12(3)6-5-7-17-15)18-13(19)10-16-8-9-20-4/h5-7,11,14,16H,8-10H2,1-4H3,(H,18,19). The maximum Gasteiger partial charge on any atom is 0.234 e. The van der Waals surface area contributed by atoms with Crippen molar-refractivity contribution in [2.75, 3.05) is 26.8 Å². The number of aromatic nitrogens is 1. The molecule has 5 heteroatoms. The Kier molecular flexibility index (Phi) is 7.18. The van der Waals surface area contributed by atoms with Gasteiger partial charge < -0.3 is 15.4 Å². The van der Waals surface area contributed by atoms with E-state index in [0.29, 0.717) is 19.7 Å². The molecular weight excluding hydrogens is 254 g/mol. The van der Waals surface area contributed by atoms with Crippen molar-refractivity contribution >= 4 is 5.91 Å². The van der Waals surface area contributed by atoms with Gasteiger partial charge in [-0.2, -0.15) is 0 Å². The van der Waals surface area contributed by atoms with Crippen molar-refractivity contribution in [1.29, 1.82) is 0 Å². The van der Waals surface area contributed by atoms with Gasteiger partial charge in [-0.1, -0.05) is 19.9 Å². The first-order chi connectivity index (χ1) is 9.56. The summed E-state index contributed by atoms with van der Waals surface area (Å²) in [5.41, 5.74) is 2.03. The molecule has 2 N–H and O–H groups in total. The second kappa shape index (κ2) is 8.66. The van der Waals surface area contributed by atoms with Gasteiger partial charge in [0.15, 0.2) is 0 Å². The molecule has 1 unspecified atom stereocenters. The third kappa shape index (κ3) is 5.27. The summed E-state index contributed by atoms with van der Waals surface area (Å²) in [4.78, 5) is 16.4. The normalized spacial score (nSPS) is 12.4. The number of ether oxygens (including phenoxy) is 1. The van der Waals surface area contributed by atoms with Crippen LogP contribution in [0, 0.1) is 12.8 Å². The molecule has 5 nitrogen and oxygen atoms in total. The van der Waals surface area contributed by atoms with Crippen LogP contribution in [0.25, 0.3) is 0 Å². The fourth-order valence-corrected chi connectivity index (χ4v) is 1.97. The topological polar surface area (TPSA) is 63.2 Å². The van der Waals surface area contributed by atoms with Crippen molar-refractivity contribution in [2.45, 2.75) is 26.8 Å². The van der Waals surface area contributed by atoms with Crippen molar-refractivity contribution in [3.63, 3.8) is 0 Å². The number of rotatable bonds is 8. The lowest BCUT2D eigenvalue weighted by molar-refractivity contribution is -0.121. The molecule has 1 atom stereocenters. The van der Waals surface area contributed by atoms with Crippen molar-refractivity contribution < 1.29 is 9.53 Å². The first-order valence-corrected chi connectivity index (χ1v) is 6.96. The van der Waals surface area contributed by atoms with E-state index in [2.05, 4.69) is 29.5 Å². The Labute approximate surface area is 121 Å². The van der Waals surface area contributed by atoms with Gasteiger partial charge in [0.05, 0.1) is 24.9 Å². The highest BCUT2D eigenvalue weighted by molar-refractivity contribution is 5.78. The third-order valence-electron chi connectivity index (χ3n) is 3.10. The molecule has 1 heterocycles. The highest BCUT2D eigenvalue weighted by Gasteiger charge is 2.20. The largest absolute Gasteiger partial charge is 0.383 e. The molecule has 20 heavy (non-hydrogen) atoms. The number of amides is 1. The van der Waals surface area contributed by atoms with Gasteiger partial charge in [-0.15, -0.1) is 0 Å². The van der Waals surface area contributed by atoms with E-state index < -0.39 is 0 Å². The van der Waals surface area contributed by atoms with Gasteiger partial charge in [-0.25, -0.2) is 0 Å². The van der Waals surface area contributed by atoms with Crippen molar-refractivity contribution in [2.24, 2.45) is 5.92 Å². The minimum absolute atomic E-state index is 0.0233.